The van der Waals surface area contributed by atoms with Crippen LogP contribution in [0.1, 0.15) is 28.4 Å². The second kappa shape index (κ2) is 8.48. The summed E-state index contributed by atoms with van der Waals surface area (Å²) in [6.45, 7) is 3.93. The van der Waals surface area contributed by atoms with Gasteiger partial charge in [-0.15, -0.1) is 0 Å². The lowest BCUT2D eigenvalue weighted by Crippen LogP contribution is -2.18. The number of fused-ring (bicyclic) bond motifs is 1. The normalized spacial score (nSPS) is 10.7. The topological polar surface area (TPSA) is 112 Å². The Hall–Kier alpha value is -2.87. The summed E-state index contributed by atoms with van der Waals surface area (Å²) in [6, 6.07) is 1.27. The van der Waals surface area contributed by atoms with Crippen LogP contribution in [0.2, 0.25) is 0 Å². The Morgan fingerprint density at radius 3 is 2.69 bits per heavy atom. The van der Waals surface area contributed by atoms with Crippen LogP contribution in [0.25, 0.3) is 11.0 Å². The maximum Gasteiger partial charge on any atom is 0.340 e. The molecule has 2 aromatic rings. The molecule has 8 nitrogen and oxygen atoms in total. The molecular weight excluding hydrogens is 344 g/mol. The van der Waals surface area contributed by atoms with Crippen LogP contribution in [0, 0.1) is 6.92 Å². The Kier molecular flexibility index (Phi) is 6.35. The second-order valence-corrected chi connectivity index (χ2v) is 5.45. The van der Waals surface area contributed by atoms with Gasteiger partial charge in [-0.3, -0.25) is 9.59 Å². The number of aryl methyl sites for hydroxylation is 1. The number of rotatable bonds is 8. The SMILES string of the molecule is CCOC(=O)Cc1c(C)c2c(OCCOC)cc(O)c(C=O)c2oc1=O. The van der Waals surface area contributed by atoms with Crippen LogP contribution in [-0.2, 0) is 20.7 Å². The van der Waals surface area contributed by atoms with Gasteiger partial charge in [0.15, 0.2) is 11.9 Å². The van der Waals surface area contributed by atoms with Crippen molar-refractivity contribution in [2.24, 2.45) is 0 Å². The van der Waals surface area contributed by atoms with Gasteiger partial charge >= 0.3 is 11.6 Å². The Morgan fingerprint density at radius 2 is 2.08 bits per heavy atom. The van der Waals surface area contributed by atoms with E-state index in [0.29, 0.717) is 23.8 Å². The van der Waals surface area contributed by atoms with E-state index < -0.39 is 11.6 Å². The predicted octanol–water partition coefficient (Wildman–Crippen LogP) is 1.75. The van der Waals surface area contributed by atoms with E-state index in [-0.39, 0.29) is 47.8 Å². The minimum atomic E-state index is -0.778. The first kappa shape index (κ1) is 19.5. The number of ether oxygens (including phenoxy) is 3. The smallest absolute Gasteiger partial charge is 0.340 e. The first-order chi connectivity index (χ1) is 12.4. The first-order valence-electron chi connectivity index (χ1n) is 7.99. The molecule has 0 aliphatic carbocycles. The lowest BCUT2D eigenvalue weighted by Gasteiger charge is -2.14. The number of phenols is 1. The molecule has 1 aromatic carbocycles. The molecule has 8 heteroatoms. The number of hydrogen-bond donors (Lipinski definition) is 1. The van der Waals surface area contributed by atoms with Gasteiger partial charge in [-0.05, 0) is 19.4 Å². The Labute approximate surface area is 149 Å². The van der Waals surface area contributed by atoms with Gasteiger partial charge < -0.3 is 23.7 Å². The number of hydrogen-bond acceptors (Lipinski definition) is 8. The minimum Gasteiger partial charge on any atom is -0.507 e. The zero-order chi connectivity index (χ0) is 19.3. The van der Waals surface area contributed by atoms with Gasteiger partial charge in [-0.1, -0.05) is 0 Å². The number of phenolic OH excluding ortho intramolecular Hbond substituents is 1. The average molecular weight is 364 g/mol. The van der Waals surface area contributed by atoms with Crippen LogP contribution in [0.4, 0.5) is 0 Å². The van der Waals surface area contributed by atoms with Crippen molar-refractivity contribution in [1.29, 1.82) is 0 Å². The highest BCUT2D eigenvalue weighted by atomic mass is 16.5. The number of aromatic hydroxyl groups is 1. The van der Waals surface area contributed by atoms with Crippen LogP contribution in [0.3, 0.4) is 0 Å². The summed E-state index contributed by atoms with van der Waals surface area (Å²) in [7, 11) is 1.51. The highest BCUT2D eigenvalue weighted by Gasteiger charge is 2.22. The molecule has 0 amide bonds. The van der Waals surface area contributed by atoms with Gasteiger partial charge in [0.1, 0.15) is 18.1 Å². The minimum absolute atomic E-state index is 0.0949. The van der Waals surface area contributed by atoms with Crippen LogP contribution in [-0.4, -0.2) is 44.3 Å². The van der Waals surface area contributed by atoms with Crippen molar-refractivity contribution in [2.75, 3.05) is 26.9 Å². The van der Waals surface area contributed by atoms with Crippen molar-refractivity contribution in [3.63, 3.8) is 0 Å². The second-order valence-electron chi connectivity index (χ2n) is 5.45. The summed E-state index contributed by atoms with van der Waals surface area (Å²) in [5, 5.41) is 10.4. The molecule has 0 saturated carbocycles. The molecule has 0 fully saturated rings. The van der Waals surface area contributed by atoms with Crippen LogP contribution in [0.15, 0.2) is 15.3 Å². The van der Waals surface area contributed by atoms with Gasteiger partial charge in [0.2, 0.25) is 0 Å². The Balaban J connectivity index is 2.69. The highest BCUT2D eigenvalue weighted by Crippen LogP contribution is 2.36. The van der Waals surface area contributed by atoms with Gasteiger partial charge in [0.05, 0.1) is 36.1 Å². The molecule has 2 rings (SSSR count). The number of methoxy groups -OCH3 is 1. The maximum absolute atomic E-state index is 12.3. The monoisotopic (exact) mass is 364 g/mol. The molecule has 0 aliphatic rings. The summed E-state index contributed by atoms with van der Waals surface area (Å²) < 4.78 is 20.6. The first-order valence-corrected chi connectivity index (χ1v) is 7.99. The molecule has 1 heterocycles. The third-order valence-corrected chi connectivity index (χ3v) is 3.82. The fourth-order valence-corrected chi connectivity index (χ4v) is 2.58. The largest absolute Gasteiger partial charge is 0.507 e. The molecule has 0 unspecified atom stereocenters. The molecule has 0 radical (unpaired) electrons. The Morgan fingerprint density at radius 1 is 1.35 bits per heavy atom. The number of aldehydes is 1. The van der Waals surface area contributed by atoms with Gasteiger partial charge in [-0.2, -0.15) is 0 Å². The number of esters is 1. The van der Waals surface area contributed by atoms with E-state index in [2.05, 4.69) is 0 Å². The molecule has 0 saturated heterocycles. The Bertz CT molecular complexity index is 881. The molecule has 0 spiro atoms. The van der Waals surface area contributed by atoms with Gasteiger partial charge in [0, 0.05) is 13.2 Å². The fourth-order valence-electron chi connectivity index (χ4n) is 2.58. The number of carbonyl (C=O) groups excluding carboxylic acids is 2. The predicted molar refractivity (Wildman–Crippen MR) is 92.0 cm³/mol. The molecule has 0 aliphatic heterocycles. The number of carbonyl (C=O) groups is 2. The fraction of sp³-hybridized carbons (Fsp3) is 0.389. The van der Waals surface area contributed by atoms with E-state index in [1.807, 2.05) is 0 Å². The van der Waals surface area contributed by atoms with Crippen molar-refractivity contribution < 1.29 is 33.3 Å². The van der Waals surface area contributed by atoms with Gasteiger partial charge in [-0.25, -0.2) is 4.79 Å². The van der Waals surface area contributed by atoms with Crippen molar-refractivity contribution in [1.82, 2.24) is 0 Å². The van der Waals surface area contributed by atoms with E-state index in [0.717, 1.165) is 0 Å². The van der Waals surface area contributed by atoms with Crippen molar-refractivity contribution >= 4 is 23.2 Å². The van der Waals surface area contributed by atoms with Crippen LogP contribution in [0.5, 0.6) is 11.5 Å². The quantitative estimate of drug-likeness (QED) is 0.326. The third kappa shape index (κ3) is 3.85. The van der Waals surface area contributed by atoms with Crippen molar-refractivity contribution in [2.45, 2.75) is 20.3 Å². The zero-order valence-electron chi connectivity index (χ0n) is 14.8. The summed E-state index contributed by atoms with van der Waals surface area (Å²) in [4.78, 5) is 35.4. The van der Waals surface area contributed by atoms with Crippen LogP contribution >= 0.6 is 0 Å². The molecular formula is C18H20O8. The van der Waals surface area contributed by atoms with E-state index in [1.165, 1.54) is 13.2 Å². The lowest BCUT2D eigenvalue weighted by molar-refractivity contribution is -0.142. The van der Waals surface area contributed by atoms with E-state index in [4.69, 9.17) is 18.6 Å². The highest BCUT2D eigenvalue weighted by molar-refractivity contribution is 6.02. The maximum atomic E-state index is 12.3. The standard InChI is InChI=1S/C18H20O8/c1-4-24-15(21)7-11-10(2)16-14(25-6-5-23-3)8-13(20)12(9-19)17(16)26-18(11)22/h8-9,20H,4-7H2,1-3H3. The van der Waals surface area contributed by atoms with E-state index >= 15 is 0 Å². The van der Waals surface area contributed by atoms with E-state index in [1.54, 1.807) is 13.8 Å². The summed E-state index contributed by atoms with van der Waals surface area (Å²) in [6.07, 6.45) is 0.122. The zero-order valence-corrected chi connectivity index (χ0v) is 14.8. The third-order valence-electron chi connectivity index (χ3n) is 3.82. The summed E-state index contributed by atoms with van der Waals surface area (Å²) in [5.74, 6) is -0.731. The lowest BCUT2D eigenvalue weighted by atomic mass is 10.0. The molecule has 140 valence electrons. The number of benzene rings is 1. The van der Waals surface area contributed by atoms with Crippen molar-refractivity contribution in [3.05, 3.63) is 33.2 Å². The summed E-state index contributed by atoms with van der Waals surface area (Å²) in [5.41, 5.74) is -0.515. The summed E-state index contributed by atoms with van der Waals surface area (Å²) >= 11 is 0. The molecule has 0 atom stereocenters. The molecule has 0 bridgehead atoms. The molecule has 1 N–H and O–H groups in total. The molecule has 26 heavy (non-hydrogen) atoms. The molecule has 1 aromatic heterocycles. The van der Waals surface area contributed by atoms with Crippen LogP contribution < -0.4 is 10.4 Å². The van der Waals surface area contributed by atoms with Crippen molar-refractivity contribution in [3.8, 4) is 11.5 Å². The van der Waals surface area contributed by atoms with Gasteiger partial charge in [0.25, 0.3) is 0 Å². The average Bonchev–Trinajstić information content (AvgIpc) is 2.59. The van der Waals surface area contributed by atoms with E-state index in [9.17, 15) is 19.5 Å².